The molecule has 114 valence electrons. The number of hydrogen-bond acceptors (Lipinski definition) is 4. The zero-order valence-corrected chi connectivity index (χ0v) is 14.8. The highest BCUT2D eigenvalue weighted by Gasteiger charge is 2.16. The molecule has 0 aliphatic rings. The summed E-state index contributed by atoms with van der Waals surface area (Å²) in [5.74, 6) is 0. The number of nitrogens with zero attached hydrogens (tertiary/aromatic N) is 3. The van der Waals surface area contributed by atoms with Crippen LogP contribution >= 0.6 is 27.7 Å². The number of benzene rings is 3. The molecule has 2 heterocycles. The predicted octanol–water partition coefficient (Wildman–Crippen LogP) is 5.82. The lowest BCUT2D eigenvalue weighted by molar-refractivity contribution is 1.43. The first-order valence-corrected chi connectivity index (χ1v) is 9.04. The fourth-order valence-electron chi connectivity index (χ4n) is 3.14. The smallest absolute Gasteiger partial charge is 0.119 e. The average molecular weight is 392 g/mol. The van der Waals surface area contributed by atoms with Gasteiger partial charge in [-0.25, -0.2) is 4.98 Å². The summed E-state index contributed by atoms with van der Waals surface area (Å²) in [5, 5.41) is 3.32. The van der Waals surface area contributed by atoms with Gasteiger partial charge in [0.05, 0.1) is 22.9 Å². The second-order valence-electron chi connectivity index (χ2n) is 5.59. The van der Waals surface area contributed by atoms with E-state index >= 15 is 0 Å². The summed E-state index contributed by atoms with van der Waals surface area (Å²) in [4.78, 5) is 4.94. The number of halogens is 1. The first kappa shape index (κ1) is 14.0. The van der Waals surface area contributed by atoms with Gasteiger partial charge < -0.3 is 0 Å². The van der Waals surface area contributed by atoms with E-state index in [0.717, 1.165) is 48.4 Å². The van der Waals surface area contributed by atoms with Crippen molar-refractivity contribution in [2.75, 3.05) is 0 Å². The van der Waals surface area contributed by atoms with E-state index in [2.05, 4.69) is 55.0 Å². The highest BCUT2D eigenvalue weighted by Crippen LogP contribution is 2.39. The third-order valence-electron chi connectivity index (χ3n) is 4.20. The van der Waals surface area contributed by atoms with Crippen LogP contribution in [0.4, 0.5) is 0 Å². The molecule has 0 atom stereocenters. The maximum absolute atomic E-state index is 4.94. The van der Waals surface area contributed by atoms with Crippen molar-refractivity contribution >= 4 is 60.4 Å². The Labute approximate surface area is 150 Å². The van der Waals surface area contributed by atoms with Gasteiger partial charge in [0.25, 0.3) is 0 Å². The summed E-state index contributed by atoms with van der Waals surface area (Å²) in [5.41, 5.74) is 4.88. The number of para-hydroxylation sites is 1. The second kappa shape index (κ2) is 5.33. The molecule has 0 radical (unpaired) electrons. The number of rotatable bonds is 1. The van der Waals surface area contributed by atoms with E-state index < -0.39 is 0 Å². The zero-order valence-electron chi connectivity index (χ0n) is 12.4. The van der Waals surface area contributed by atoms with E-state index in [1.807, 2.05) is 30.3 Å². The number of pyridine rings is 1. The van der Waals surface area contributed by atoms with Crippen LogP contribution in [0.1, 0.15) is 0 Å². The third kappa shape index (κ3) is 1.98. The Kier molecular flexibility index (Phi) is 3.11. The average Bonchev–Trinajstić information content (AvgIpc) is 3.12. The van der Waals surface area contributed by atoms with Crippen molar-refractivity contribution in [3.05, 3.63) is 65.1 Å². The summed E-state index contributed by atoms with van der Waals surface area (Å²) in [6.07, 6.45) is 0. The minimum absolute atomic E-state index is 0.905. The summed E-state index contributed by atoms with van der Waals surface area (Å²) >= 11 is 4.89. The lowest BCUT2D eigenvalue weighted by Gasteiger charge is -2.11. The van der Waals surface area contributed by atoms with Crippen LogP contribution in [-0.4, -0.2) is 13.7 Å². The van der Waals surface area contributed by atoms with Gasteiger partial charge in [0, 0.05) is 26.2 Å². The molecule has 3 aromatic carbocycles. The van der Waals surface area contributed by atoms with Crippen molar-refractivity contribution in [2.24, 2.45) is 0 Å². The topological polar surface area (TPSA) is 38.7 Å². The molecule has 2 aromatic heterocycles. The Bertz CT molecular complexity index is 1220. The van der Waals surface area contributed by atoms with Crippen molar-refractivity contribution in [2.45, 2.75) is 0 Å². The predicted molar refractivity (Wildman–Crippen MR) is 103 cm³/mol. The standard InChI is InChI=1S/C19H10BrN3S/c20-14-10-13-16(19-18(14)22-24-23-19)12-8-4-5-9-15(12)21-17(13)11-6-2-1-3-7-11/h1-10H. The van der Waals surface area contributed by atoms with Crippen molar-refractivity contribution in [1.82, 2.24) is 13.7 Å². The van der Waals surface area contributed by atoms with Gasteiger partial charge in [0.1, 0.15) is 11.0 Å². The van der Waals surface area contributed by atoms with Crippen molar-refractivity contribution < 1.29 is 0 Å². The lowest BCUT2D eigenvalue weighted by atomic mass is 9.99. The largest absolute Gasteiger partial charge is 0.247 e. The quantitative estimate of drug-likeness (QED) is 0.337. The molecule has 24 heavy (non-hydrogen) atoms. The summed E-state index contributed by atoms with van der Waals surface area (Å²) in [7, 11) is 0. The molecule has 0 fully saturated rings. The van der Waals surface area contributed by atoms with Crippen LogP contribution < -0.4 is 0 Å². The van der Waals surface area contributed by atoms with Gasteiger partial charge in [0.15, 0.2) is 0 Å². The molecule has 0 N–H and O–H groups in total. The first-order chi connectivity index (χ1) is 11.8. The van der Waals surface area contributed by atoms with Crippen LogP contribution in [0.3, 0.4) is 0 Å². The van der Waals surface area contributed by atoms with E-state index in [0.29, 0.717) is 0 Å². The van der Waals surface area contributed by atoms with Gasteiger partial charge in [-0.15, -0.1) is 0 Å². The molecule has 0 unspecified atom stereocenters. The molecule has 5 aromatic rings. The molecule has 5 rings (SSSR count). The summed E-state index contributed by atoms with van der Waals surface area (Å²) in [6, 6.07) is 20.6. The van der Waals surface area contributed by atoms with Crippen molar-refractivity contribution in [3.8, 4) is 11.3 Å². The molecular formula is C19H10BrN3S. The molecule has 0 amide bonds. The minimum Gasteiger partial charge on any atom is -0.247 e. The molecule has 0 saturated heterocycles. The third-order valence-corrected chi connectivity index (χ3v) is 5.33. The highest BCUT2D eigenvalue weighted by atomic mass is 79.9. The lowest BCUT2D eigenvalue weighted by Crippen LogP contribution is -1.91. The highest BCUT2D eigenvalue weighted by molar-refractivity contribution is 9.10. The van der Waals surface area contributed by atoms with Crippen LogP contribution in [-0.2, 0) is 0 Å². The van der Waals surface area contributed by atoms with Gasteiger partial charge >= 0.3 is 0 Å². The Morgan fingerprint density at radius 1 is 0.792 bits per heavy atom. The second-order valence-corrected chi connectivity index (χ2v) is 6.97. The first-order valence-electron chi connectivity index (χ1n) is 7.51. The normalized spacial score (nSPS) is 11.5. The van der Waals surface area contributed by atoms with Gasteiger partial charge in [-0.05, 0) is 28.1 Å². The Balaban J connectivity index is 2.08. The summed E-state index contributed by atoms with van der Waals surface area (Å²) in [6.45, 7) is 0. The zero-order chi connectivity index (χ0) is 16.1. The number of aromatic nitrogens is 3. The molecule has 0 spiro atoms. The Morgan fingerprint density at radius 2 is 1.54 bits per heavy atom. The number of fused-ring (bicyclic) bond motifs is 5. The molecule has 0 saturated carbocycles. The molecule has 5 heteroatoms. The van der Waals surface area contributed by atoms with E-state index in [4.69, 9.17) is 4.98 Å². The molecule has 0 aliphatic heterocycles. The fraction of sp³-hybridized carbons (Fsp3) is 0. The van der Waals surface area contributed by atoms with E-state index in [-0.39, 0.29) is 0 Å². The van der Waals surface area contributed by atoms with Gasteiger partial charge in [-0.1, -0.05) is 48.5 Å². The SMILES string of the molecule is Brc1cc2c(-c3ccccc3)nc3ccccc3c2c2nsnc12. The van der Waals surface area contributed by atoms with E-state index in [9.17, 15) is 0 Å². The van der Waals surface area contributed by atoms with E-state index in [1.165, 1.54) is 11.7 Å². The Morgan fingerprint density at radius 3 is 2.42 bits per heavy atom. The molecule has 0 bridgehead atoms. The molecule has 0 aliphatic carbocycles. The molecule has 3 nitrogen and oxygen atoms in total. The van der Waals surface area contributed by atoms with Crippen LogP contribution in [0.15, 0.2) is 65.1 Å². The summed E-state index contributed by atoms with van der Waals surface area (Å²) < 4.78 is 9.96. The van der Waals surface area contributed by atoms with E-state index in [1.54, 1.807) is 0 Å². The van der Waals surface area contributed by atoms with Gasteiger partial charge in [0.2, 0.25) is 0 Å². The maximum atomic E-state index is 4.94. The van der Waals surface area contributed by atoms with Crippen LogP contribution in [0.25, 0.3) is 44.0 Å². The van der Waals surface area contributed by atoms with Crippen molar-refractivity contribution in [3.63, 3.8) is 0 Å². The maximum Gasteiger partial charge on any atom is 0.119 e. The molecular weight excluding hydrogens is 382 g/mol. The number of hydrogen-bond donors (Lipinski definition) is 0. The minimum atomic E-state index is 0.905. The van der Waals surface area contributed by atoms with Gasteiger partial charge in [-0.3, -0.25) is 0 Å². The monoisotopic (exact) mass is 391 g/mol. The fourth-order valence-corrected chi connectivity index (χ4v) is 4.33. The van der Waals surface area contributed by atoms with Gasteiger partial charge in [-0.2, -0.15) is 8.75 Å². The van der Waals surface area contributed by atoms with Crippen LogP contribution in [0, 0.1) is 0 Å². The Hall–Kier alpha value is -2.37. The van der Waals surface area contributed by atoms with Crippen molar-refractivity contribution in [1.29, 1.82) is 0 Å². The van der Waals surface area contributed by atoms with Crippen LogP contribution in [0.2, 0.25) is 0 Å². The van der Waals surface area contributed by atoms with Crippen LogP contribution in [0.5, 0.6) is 0 Å².